The van der Waals surface area contributed by atoms with Crippen molar-refractivity contribution >= 4 is 17.6 Å². The van der Waals surface area contributed by atoms with E-state index in [2.05, 4.69) is 5.32 Å². The molecule has 1 N–H and O–H groups in total. The number of amides is 1. The summed E-state index contributed by atoms with van der Waals surface area (Å²) in [5.74, 6) is -0.0195. The molecule has 0 aromatic heterocycles. The summed E-state index contributed by atoms with van der Waals surface area (Å²) in [6.45, 7) is 1.98. The lowest BCUT2D eigenvalue weighted by molar-refractivity contribution is 0.0989. The zero-order chi connectivity index (χ0) is 15.1. The first-order valence-corrected chi connectivity index (χ1v) is 6.80. The third kappa shape index (κ3) is 4.18. The fraction of sp³-hybridized carbons (Fsp3) is 0.176. The quantitative estimate of drug-likeness (QED) is 0.843. The number of benzene rings is 2. The van der Waals surface area contributed by atoms with E-state index in [1.54, 1.807) is 31.2 Å². The maximum absolute atomic E-state index is 11.8. The van der Waals surface area contributed by atoms with Gasteiger partial charge in [0.25, 0.3) is 0 Å². The Morgan fingerprint density at radius 2 is 1.67 bits per heavy atom. The molecule has 4 nitrogen and oxygen atoms in total. The normalized spacial score (nSPS) is 9.95. The molecule has 0 atom stereocenters. The molecule has 0 fully saturated rings. The second-order valence-corrected chi connectivity index (χ2v) is 4.51. The molecule has 0 unspecified atom stereocenters. The smallest absolute Gasteiger partial charge is 0.411 e. The van der Waals surface area contributed by atoms with Gasteiger partial charge in [-0.25, -0.2) is 4.79 Å². The molecule has 4 heteroatoms. The summed E-state index contributed by atoms with van der Waals surface area (Å²) >= 11 is 0. The molecule has 2 aromatic rings. The summed E-state index contributed by atoms with van der Waals surface area (Å²) < 4.78 is 5.14. The van der Waals surface area contributed by atoms with Crippen LogP contribution in [0.4, 0.5) is 10.5 Å². The number of Topliss-reactive ketones (excluding diaryl/α,β-unsaturated/α-hetero) is 1. The van der Waals surface area contributed by atoms with E-state index in [1.165, 1.54) is 0 Å². The number of carbonyl (C=O) groups is 2. The molecule has 0 heterocycles. The first-order valence-electron chi connectivity index (χ1n) is 6.80. The number of rotatable bonds is 5. The number of carbonyl (C=O) groups excluding carboxylic acids is 2. The lowest BCUT2D eigenvalue weighted by Gasteiger charge is -2.10. The number of ketones is 1. The number of anilines is 1. The summed E-state index contributed by atoms with van der Waals surface area (Å²) in [6.07, 6.45) is -0.187. The van der Waals surface area contributed by atoms with E-state index in [9.17, 15) is 9.59 Å². The van der Waals surface area contributed by atoms with Gasteiger partial charge in [-0.3, -0.25) is 10.1 Å². The molecule has 1 amide bonds. The summed E-state index contributed by atoms with van der Waals surface area (Å²) in [5.41, 5.74) is 1.88. The number of hydrogen-bond donors (Lipinski definition) is 1. The second kappa shape index (κ2) is 7.24. The first-order chi connectivity index (χ1) is 10.2. The Morgan fingerprint density at radius 3 is 2.38 bits per heavy atom. The van der Waals surface area contributed by atoms with Crippen LogP contribution in [0, 0.1) is 0 Å². The van der Waals surface area contributed by atoms with E-state index >= 15 is 0 Å². The molecule has 0 aliphatic heterocycles. The Balaban J connectivity index is 1.98. The minimum Gasteiger partial charge on any atom is -0.444 e. The van der Waals surface area contributed by atoms with Crippen molar-refractivity contribution in [1.29, 1.82) is 0 Å². The number of ether oxygens (including phenoxy) is 1. The number of hydrogen-bond acceptors (Lipinski definition) is 3. The minimum absolute atomic E-state index is 0.0195. The molecular formula is C17H17NO3. The summed E-state index contributed by atoms with van der Waals surface area (Å²) in [4.78, 5) is 23.6. The predicted octanol–water partition coefficient (Wildman–Crippen LogP) is 4.03. The molecule has 2 aromatic carbocycles. The fourth-order valence-corrected chi connectivity index (χ4v) is 1.89. The van der Waals surface area contributed by atoms with Crippen molar-refractivity contribution in [2.24, 2.45) is 0 Å². The largest absolute Gasteiger partial charge is 0.444 e. The first kappa shape index (κ1) is 14.8. The lowest BCUT2D eigenvalue weighted by Crippen LogP contribution is -2.15. The molecule has 0 spiro atoms. The van der Waals surface area contributed by atoms with Crippen molar-refractivity contribution in [2.45, 2.75) is 20.0 Å². The summed E-state index contributed by atoms with van der Waals surface area (Å²) in [6, 6.07) is 16.3. The third-order valence-corrected chi connectivity index (χ3v) is 3.00. The van der Waals surface area contributed by atoms with Gasteiger partial charge in [-0.1, -0.05) is 49.4 Å². The van der Waals surface area contributed by atoms with Crippen molar-refractivity contribution in [1.82, 2.24) is 0 Å². The summed E-state index contributed by atoms with van der Waals surface area (Å²) in [7, 11) is 0. The molecule has 0 aliphatic rings. The highest BCUT2D eigenvalue weighted by atomic mass is 16.5. The lowest BCUT2D eigenvalue weighted by atomic mass is 10.1. The molecule has 0 saturated carbocycles. The van der Waals surface area contributed by atoms with Crippen LogP contribution in [0.3, 0.4) is 0 Å². The highest BCUT2D eigenvalue weighted by Crippen LogP contribution is 2.17. The minimum atomic E-state index is -0.574. The van der Waals surface area contributed by atoms with Crippen LogP contribution in [-0.2, 0) is 11.3 Å². The van der Waals surface area contributed by atoms with E-state index < -0.39 is 6.09 Å². The van der Waals surface area contributed by atoms with Gasteiger partial charge in [0.05, 0.1) is 5.69 Å². The van der Waals surface area contributed by atoms with Gasteiger partial charge in [0.15, 0.2) is 5.78 Å². The van der Waals surface area contributed by atoms with Gasteiger partial charge in [-0.15, -0.1) is 0 Å². The van der Waals surface area contributed by atoms with E-state index in [1.807, 2.05) is 30.3 Å². The maximum atomic E-state index is 11.8. The Bertz CT molecular complexity index is 623. The molecule has 2 rings (SSSR count). The second-order valence-electron chi connectivity index (χ2n) is 4.51. The molecule has 21 heavy (non-hydrogen) atoms. The topological polar surface area (TPSA) is 55.4 Å². The van der Waals surface area contributed by atoms with Gasteiger partial charge in [0.1, 0.15) is 6.61 Å². The Kier molecular flexibility index (Phi) is 5.10. The predicted molar refractivity (Wildman–Crippen MR) is 81.3 cm³/mol. The van der Waals surface area contributed by atoms with Crippen LogP contribution in [0.1, 0.15) is 29.3 Å². The van der Waals surface area contributed by atoms with Crippen LogP contribution in [0.5, 0.6) is 0 Å². The van der Waals surface area contributed by atoms with Crippen molar-refractivity contribution in [3.05, 3.63) is 65.7 Å². The average molecular weight is 283 g/mol. The van der Waals surface area contributed by atoms with Crippen LogP contribution in [0.15, 0.2) is 54.6 Å². The van der Waals surface area contributed by atoms with Crippen molar-refractivity contribution in [3.8, 4) is 0 Å². The Morgan fingerprint density at radius 1 is 1.00 bits per heavy atom. The van der Waals surface area contributed by atoms with Crippen molar-refractivity contribution in [3.63, 3.8) is 0 Å². The van der Waals surface area contributed by atoms with E-state index in [0.29, 0.717) is 17.7 Å². The van der Waals surface area contributed by atoms with Gasteiger partial charge in [0.2, 0.25) is 0 Å². The van der Waals surface area contributed by atoms with E-state index in [-0.39, 0.29) is 12.4 Å². The number of nitrogens with one attached hydrogen (secondary N) is 1. The summed E-state index contributed by atoms with van der Waals surface area (Å²) in [5, 5.41) is 2.61. The zero-order valence-corrected chi connectivity index (χ0v) is 11.8. The van der Waals surface area contributed by atoms with Crippen LogP contribution in [-0.4, -0.2) is 11.9 Å². The van der Waals surface area contributed by atoms with E-state index in [4.69, 9.17) is 4.74 Å². The maximum Gasteiger partial charge on any atom is 0.411 e. The average Bonchev–Trinajstić information content (AvgIpc) is 2.54. The van der Waals surface area contributed by atoms with Crippen LogP contribution in [0.25, 0.3) is 0 Å². The van der Waals surface area contributed by atoms with Crippen LogP contribution in [0.2, 0.25) is 0 Å². The van der Waals surface area contributed by atoms with Crippen molar-refractivity contribution in [2.75, 3.05) is 5.32 Å². The van der Waals surface area contributed by atoms with Gasteiger partial charge in [0, 0.05) is 12.0 Å². The Hall–Kier alpha value is -2.62. The highest BCUT2D eigenvalue weighted by Gasteiger charge is 2.12. The molecule has 108 valence electrons. The SMILES string of the molecule is CCC(=O)c1ccccc1NC(=O)OCc1ccccc1. The zero-order valence-electron chi connectivity index (χ0n) is 11.8. The van der Waals surface area contributed by atoms with Crippen LogP contribution < -0.4 is 5.32 Å². The standard InChI is InChI=1S/C17H17NO3/c1-2-16(19)14-10-6-7-11-15(14)18-17(20)21-12-13-8-4-3-5-9-13/h3-11H,2,12H2,1H3,(H,18,20). The van der Waals surface area contributed by atoms with Crippen LogP contribution >= 0.6 is 0 Å². The monoisotopic (exact) mass is 283 g/mol. The Labute approximate surface area is 123 Å². The fourth-order valence-electron chi connectivity index (χ4n) is 1.89. The van der Waals surface area contributed by atoms with Crippen molar-refractivity contribution < 1.29 is 14.3 Å². The molecular weight excluding hydrogens is 266 g/mol. The van der Waals surface area contributed by atoms with Gasteiger partial charge >= 0.3 is 6.09 Å². The van der Waals surface area contributed by atoms with Gasteiger partial charge < -0.3 is 4.74 Å². The van der Waals surface area contributed by atoms with Gasteiger partial charge in [-0.05, 0) is 17.7 Å². The molecule has 0 saturated heterocycles. The van der Waals surface area contributed by atoms with E-state index in [0.717, 1.165) is 5.56 Å². The highest BCUT2D eigenvalue weighted by molar-refractivity contribution is 6.03. The number of para-hydroxylation sites is 1. The third-order valence-electron chi connectivity index (χ3n) is 3.00. The molecule has 0 bridgehead atoms. The molecule has 0 radical (unpaired) electrons. The molecule has 0 aliphatic carbocycles. The van der Waals surface area contributed by atoms with Gasteiger partial charge in [-0.2, -0.15) is 0 Å².